The number of benzene rings is 1. The third-order valence-corrected chi connectivity index (χ3v) is 4.22. The van der Waals surface area contributed by atoms with E-state index in [4.69, 9.17) is 11.6 Å². The molecule has 0 spiro atoms. The third-order valence-electron chi connectivity index (χ3n) is 3.98. The number of hydrogen-bond acceptors (Lipinski definition) is 3. The lowest BCUT2D eigenvalue weighted by Gasteiger charge is -2.22. The molecule has 2 aromatic rings. The fraction of sp³-hybridized carbons (Fsp3) is 0.400. The molecule has 0 amide bonds. The fourth-order valence-corrected chi connectivity index (χ4v) is 3.13. The van der Waals surface area contributed by atoms with Crippen LogP contribution in [0.25, 0.3) is 0 Å². The summed E-state index contributed by atoms with van der Waals surface area (Å²) in [5.74, 6) is 0.291. The van der Waals surface area contributed by atoms with E-state index in [2.05, 4.69) is 14.9 Å². The predicted octanol–water partition coefficient (Wildman–Crippen LogP) is 3.13. The highest BCUT2D eigenvalue weighted by molar-refractivity contribution is 6.30. The molecule has 0 bridgehead atoms. The van der Waals surface area contributed by atoms with Crippen molar-refractivity contribution in [3.8, 4) is 5.75 Å². The normalized spacial score (nSPS) is 22.2. The Balaban J connectivity index is 1.67. The maximum atomic E-state index is 9.84. The molecule has 1 aliphatic carbocycles. The van der Waals surface area contributed by atoms with Crippen molar-refractivity contribution in [2.24, 2.45) is 0 Å². The van der Waals surface area contributed by atoms with Crippen molar-refractivity contribution in [2.45, 2.75) is 37.9 Å². The van der Waals surface area contributed by atoms with Crippen LogP contribution in [0.2, 0.25) is 5.02 Å². The van der Waals surface area contributed by atoms with Crippen LogP contribution < -0.4 is 5.32 Å². The first-order chi connectivity index (χ1) is 9.74. The Bertz CT molecular complexity index is 571. The molecule has 1 aliphatic rings. The van der Waals surface area contributed by atoms with Gasteiger partial charge in [-0.1, -0.05) is 11.6 Å². The van der Waals surface area contributed by atoms with Crippen LogP contribution in [0, 0.1) is 0 Å². The number of rotatable bonds is 4. The van der Waals surface area contributed by atoms with E-state index in [1.165, 1.54) is 6.42 Å². The number of aromatic hydroxyl groups is 1. The number of phenols is 1. The summed E-state index contributed by atoms with van der Waals surface area (Å²) in [6, 6.07) is 6.00. The van der Waals surface area contributed by atoms with Gasteiger partial charge >= 0.3 is 0 Å². The van der Waals surface area contributed by atoms with Gasteiger partial charge in [-0.2, -0.15) is 0 Å². The molecule has 1 aromatic carbocycles. The molecular formula is C15H18ClN3O. The van der Waals surface area contributed by atoms with Crippen LogP contribution in [0.15, 0.2) is 36.9 Å². The maximum absolute atomic E-state index is 9.84. The van der Waals surface area contributed by atoms with E-state index in [1.54, 1.807) is 12.1 Å². The molecular weight excluding hydrogens is 274 g/mol. The van der Waals surface area contributed by atoms with Gasteiger partial charge in [-0.05, 0) is 37.5 Å². The Morgan fingerprint density at radius 2 is 2.30 bits per heavy atom. The smallest absolute Gasteiger partial charge is 0.120 e. The highest BCUT2D eigenvalue weighted by Crippen LogP contribution is 2.30. The van der Waals surface area contributed by atoms with Crippen LogP contribution >= 0.6 is 11.6 Å². The van der Waals surface area contributed by atoms with Crippen molar-refractivity contribution in [3.63, 3.8) is 0 Å². The summed E-state index contributed by atoms with van der Waals surface area (Å²) in [4.78, 5) is 4.12. The Kier molecular flexibility index (Phi) is 3.94. The van der Waals surface area contributed by atoms with Gasteiger partial charge in [0.05, 0.1) is 6.33 Å². The number of aromatic nitrogens is 2. The van der Waals surface area contributed by atoms with Gasteiger partial charge in [0.2, 0.25) is 0 Å². The summed E-state index contributed by atoms with van der Waals surface area (Å²) in [5, 5.41) is 14.0. The molecule has 1 heterocycles. The number of halogens is 1. The summed E-state index contributed by atoms with van der Waals surface area (Å²) < 4.78 is 2.17. The summed E-state index contributed by atoms with van der Waals surface area (Å²) in [6.45, 7) is 0.627. The van der Waals surface area contributed by atoms with Crippen LogP contribution in [0.1, 0.15) is 30.9 Å². The molecule has 2 atom stereocenters. The second-order valence-corrected chi connectivity index (χ2v) is 5.71. The highest BCUT2D eigenvalue weighted by atomic mass is 35.5. The molecule has 0 radical (unpaired) electrons. The van der Waals surface area contributed by atoms with E-state index in [1.807, 2.05) is 24.8 Å². The first-order valence-electron chi connectivity index (χ1n) is 6.92. The van der Waals surface area contributed by atoms with E-state index in [9.17, 15) is 5.11 Å². The molecule has 3 rings (SSSR count). The van der Waals surface area contributed by atoms with Crippen LogP contribution in [-0.4, -0.2) is 20.7 Å². The zero-order chi connectivity index (χ0) is 13.9. The molecule has 2 unspecified atom stereocenters. The standard InChI is InChI=1S/C15H18ClN3O/c16-12-4-5-15(20)11(8-12)9-18-13-2-1-3-14(13)19-7-6-17-10-19/h4-8,10,13-14,18,20H,1-3,9H2. The number of nitrogens with zero attached hydrogens (tertiary/aromatic N) is 2. The minimum atomic E-state index is 0.291. The second-order valence-electron chi connectivity index (χ2n) is 5.27. The van der Waals surface area contributed by atoms with Gasteiger partial charge in [-0.3, -0.25) is 0 Å². The summed E-state index contributed by atoms with van der Waals surface area (Å²) >= 11 is 5.97. The maximum Gasteiger partial charge on any atom is 0.120 e. The quantitative estimate of drug-likeness (QED) is 0.910. The largest absolute Gasteiger partial charge is 0.508 e. The Hall–Kier alpha value is -1.52. The van der Waals surface area contributed by atoms with Crippen molar-refractivity contribution < 1.29 is 5.11 Å². The molecule has 0 saturated heterocycles. The molecule has 1 fully saturated rings. The average Bonchev–Trinajstić information content (AvgIpc) is 3.09. The van der Waals surface area contributed by atoms with Gasteiger partial charge < -0.3 is 15.0 Å². The molecule has 1 saturated carbocycles. The summed E-state index contributed by atoms with van der Waals surface area (Å²) in [5.41, 5.74) is 0.841. The van der Waals surface area contributed by atoms with E-state index in [-0.39, 0.29) is 0 Å². The molecule has 4 nitrogen and oxygen atoms in total. The van der Waals surface area contributed by atoms with Crippen LogP contribution in [0.3, 0.4) is 0 Å². The van der Waals surface area contributed by atoms with Crippen molar-refractivity contribution in [1.82, 2.24) is 14.9 Å². The Morgan fingerprint density at radius 3 is 3.10 bits per heavy atom. The van der Waals surface area contributed by atoms with Gasteiger partial charge in [0.1, 0.15) is 5.75 Å². The monoisotopic (exact) mass is 291 g/mol. The van der Waals surface area contributed by atoms with Gasteiger partial charge in [0.15, 0.2) is 0 Å². The predicted molar refractivity (Wildman–Crippen MR) is 78.9 cm³/mol. The number of nitrogens with one attached hydrogen (secondary N) is 1. The van der Waals surface area contributed by atoms with Gasteiger partial charge in [0, 0.05) is 41.6 Å². The molecule has 1 aromatic heterocycles. The van der Waals surface area contributed by atoms with Gasteiger partial charge in [-0.25, -0.2) is 4.98 Å². The number of hydrogen-bond donors (Lipinski definition) is 2. The summed E-state index contributed by atoms with van der Waals surface area (Å²) in [6.07, 6.45) is 9.23. The van der Waals surface area contributed by atoms with E-state index in [0.29, 0.717) is 29.4 Å². The SMILES string of the molecule is Oc1ccc(Cl)cc1CNC1CCCC1n1ccnc1. The van der Waals surface area contributed by atoms with Gasteiger partial charge in [0.25, 0.3) is 0 Å². The molecule has 5 heteroatoms. The van der Waals surface area contributed by atoms with Crippen LogP contribution in [0.4, 0.5) is 0 Å². The average molecular weight is 292 g/mol. The minimum Gasteiger partial charge on any atom is -0.508 e. The van der Waals surface area contributed by atoms with Crippen molar-refractivity contribution in [1.29, 1.82) is 0 Å². The first-order valence-corrected chi connectivity index (χ1v) is 7.30. The number of imidazole rings is 1. The number of phenolic OH excluding ortho intramolecular Hbond substituents is 1. The minimum absolute atomic E-state index is 0.291. The molecule has 0 aliphatic heterocycles. The van der Waals surface area contributed by atoms with Crippen LogP contribution in [-0.2, 0) is 6.54 Å². The lowest BCUT2D eigenvalue weighted by molar-refractivity contribution is 0.386. The van der Waals surface area contributed by atoms with E-state index >= 15 is 0 Å². The molecule has 106 valence electrons. The molecule has 2 N–H and O–H groups in total. The third kappa shape index (κ3) is 2.81. The Labute approximate surface area is 123 Å². The van der Waals surface area contributed by atoms with Crippen molar-refractivity contribution in [2.75, 3.05) is 0 Å². The van der Waals surface area contributed by atoms with E-state index in [0.717, 1.165) is 18.4 Å². The molecule has 20 heavy (non-hydrogen) atoms. The van der Waals surface area contributed by atoms with Crippen molar-refractivity contribution in [3.05, 3.63) is 47.5 Å². The topological polar surface area (TPSA) is 50.1 Å². The zero-order valence-corrected chi connectivity index (χ0v) is 11.9. The lowest BCUT2D eigenvalue weighted by atomic mass is 10.1. The van der Waals surface area contributed by atoms with Crippen molar-refractivity contribution >= 4 is 11.6 Å². The Morgan fingerprint density at radius 1 is 1.40 bits per heavy atom. The van der Waals surface area contributed by atoms with Gasteiger partial charge in [-0.15, -0.1) is 0 Å². The zero-order valence-electron chi connectivity index (χ0n) is 11.2. The fourth-order valence-electron chi connectivity index (χ4n) is 2.94. The van der Waals surface area contributed by atoms with E-state index < -0.39 is 0 Å². The summed E-state index contributed by atoms with van der Waals surface area (Å²) in [7, 11) is 0. The lowest BCUT2D eigenvalue weighted by Crippen LogP contribution is -2.33. The first kappa shape index (κ1) is 13.5. The van der Waals surface area contributed by atoms with Crippen LogP contribution in [0.5, 0.6) is 5.75 Å². The highest BCUT2D eigenvalue weighted by Gasteiger charge is 2.27. The second kappa shape index (κ2) is 5.85.